The van der Waals surface area contributed by atoms with E-state index in [1.54, 1.807) is 10.9 Å². The minimum atomic E-state index is -3.41. The van der Waals surface area contributed by atoms with Crippen LogP contribution >= 0.6 is 0 Å². The van der Waals surface area contributed by atoms with Gasteiger partial charge in [-0.1, -0.05) is 6.92 Å². The van der Waals surface area contributed by atoms with Gasteiger partial charge in [-0.2, -0.15) is 9.40 Å². The molecule has 2 N–H and O–H groups in total. The van der Waals surface area contributed by atoms with E-state index >= 15 is 0 Å². The molecule has 0 unspecified atom stereocenters. The molecule has 0 aliphatic carbocycles. The molecule has 0 aromatic carbocycles. The Kier molecular flexibility index (Phi) is 4.56. The van der Waals surface area contributed by atoms with Crippen molar-refractivity contribution in [3.63, 3.8) is 0 Å². The van der Waals surface area contributed by atoms with E-state index in [1.165, 1.54) is 10.5 Å². The van der Waals surface area contributed by atoms with E-state index in [2.05, 4.69) is 16.9 Å². The van der Waals surface area contributed by atoms with Crippen molar-refractivity contribution in [2.75, 3.05) is 39.3 Å². The summed E-state index contributed by atoms with van der Waals surface area (Å²) in [4.78, 5) is 2.50. The summed E-state index contributed by atoms with van der Waals surface area (Å²) in [6.45, 7) is 6.66. The van der Waals surface area contributed by atoms with E-state index in [-0.39, 0.29) is 4.90 Å². The van der Waals surface area contributed by atoms with Gasteiger partial charge in [0.2, 0.25) is 10.0 Å². The van der Waals surface area contributed by atoms with E-state index in [0.29, 0.717) is 26.2 Å². The van der Waals surface area contributed by atoms with Crippen LogP contribution in [0.3, 0.4) is 0 Å². The molecule has 0 saturated carbocycles. The first-order chi connectivity index (χ1) is 9.07. The van der Waals surface area contributed by atoms with Crippen LogP contribution in [0.4, 0.5) is 0 Å². The van der Waals surface area contributed by atoms with Gasteiger partial charge in [0.05, 0.1) is 12.7 Å². The molecular formula is C11H21N5O2S. The number of rotatable bonds is 5. The highest BCUT2D eigenvalue weighted by molar-refractivity contribution is 7.89. The normalized spacial score (nSPS) is 18.8. The molecule has 0 amide bonds. The maximum Gasteiger partial charge on any atom is 0.246 e. The van der Waals surface area contributed by atoms with Gasteiger partial charge in [0, 0.05) is 38.9 Å². The van der Waals surface area contributed by atoms with Gasteiger partial charge in [-0.3, -0.25) is 4.68 Å². The Labute approximate surface area is 114 Å². The molecule has 0 bridgehead atoms. The molecule has 1 aliphatic heterocycles. The molecule has 0 atom stereocenters. The van der Waals surface area contributed by atoms with Gasteiger partial charge in [0.15, 0.2) is 0 Å². The second-order valence-electron chi connectivity index (χ2n) is 4.57. The number of sulfonamides is 1. The number of hydrogen-bond donors (Lipinski definition) is 1. The Morgan fingerprint density at radius 1 is 1.32 bits per heavy atom. The molecule has 8 heteroatoms. The number of nitrogens with zero attached hydrogens (tertiary/aromatic N) is 4. The van der Waals surface area contributed by atoms with Gasteiger partial charge in [-0.15, -0.1) is 0 Å². The van der Waals surface area contributed by atoms with E-state index in [9.17, 15) is 8.42 Å². The van der Waals surface area contributed by atoms with Crippen LogP contribution in [0.5, 0.6) is 0 Å². The Bertz CT molecular complexity index is 505. The van der Waals surface area contributed by atoms with Gasteiger partial charge >= 0.3 is 0 Å². The van der Waals surface area contributed by atoms with E-state index in [1.807, 2.05) is 0 Å². The Hall–Kier alpha value is -0.960. The smallest absolute Gasteiger partial charge is 0.246 e. The van der Waals surface area contributed by atoms with Gasteiger partial charge in [-0.25, -0.2) is 8.42 Å². The lowest BCUT2D eigenvalue weighted by Gasteiger charge is -2.32. The number of hydrogen-bond acceptors (Lipinski definition) is 5. The van der Waals surface area contributed by atoms with Crippen LogP contribution in [0.1, 0.15) is 6.92 Å². The molecule has 7 nitrogen and oxygen atoms in total. The summed E-state index contributed by atoms with van der Waals surface area (Å²) < 4.78 is 27.9. The molecule has 19 heavy (non-hydrogen) atoms. The zero-order chi connectivity index (χ0) is 13.9. The fourth-order valence-corrected chi connectivity index (χ4v) is 3.54. The Balaban J connectivity index is 2.09. The van der Waals surface area contributed by atoms with Crippen LogP contribution < -0.4 is 5.73 Å². The van der Waals surface area contributed by atoms with Gasteiger partial charge < -0.3 is 10.6 Å². The van der Waals surface area contributed by atoms with Crippen molar-refractivity contribution < 1.29 is 8.42 Å². The highest BCUT2D eigenvalue weighted by atomic mass is 32.2. The minimum Gasteiger partial charge on any atom is -0.329 e. The Morgan fingerprint density at radius 3 is 2.58 bits per heavy atom. The lowest BCUT2D eigenvalue weighted by atomic mass is 10.4. The van der Waals surface area contributed by atoms with Gasteiger partial charge in [0.1, 0.15) is 4.90 Å². The highest BCUT2D eigenvalue weighted by Crippen LogP contribution is 2.16. The maximum atomic E-state index is 12.4. The number of piperazine rings is 1. The molecular weight excluding hydrogens is 266 g/mol. The van der Waals surface area contributed by atoms with Crippen molar-refractivity contribution in [3.8, 4) is 0 Å². The molecule has 1 saturated heterocycles. The average Bonchev–Trinajstić information content (AvgIpc) is 2.89. The highest BCUT2D eigenvalue weighted by Gasteiger charge is 2.28. The summed E-state index contributed by atoms with van der Waals surface area (Å²) in [6, 6.07) is 0. The molecule has 0 radical (unpaired) electrons. The quantitative estimate of drug-likeness (QED) is 0.764. The van der Waals surface area contributed by atoms with Crippen molar-refractivity contribution in [1.29, 1.82) is 0 Å². The molecule has 1 aliphatic rings. The number of likely N-dealkylation sites (N-methyl/N-ethyl adjacent to an activating group) is 1. The third-order valence-electron chi connectivity index (χ3n) is 3.38. The van der Waals surface area contributed by atoms with E-state index < -0.39 is 10.0 Å². The maximum absolute atomic E-state index is 12.4. The SMILES string of the molecule is CCN1CCN(S(=O)(=O)c2cnn(CCN)c2)CC1. The first-order valence-corrected chi connectivity index (χ1v) is 7.97. The Morgan fingerprint density at radius 2 is 2.00 bits per heavy atom. The monoisotopic (exact) mass is 287 g/mol. The van der Waals surface area contributed by atoms with Crippen molar-refractivity contribution in [2.24, 2.45) is 5.73 Å². The van der Waals surface area contributed by atoms with E-state index in [4.69, 9.17) is 5.73 Å². The van der Waals surface area contributed by atoms with Crippen molar-refractivity contribution in [3.05, 3.63) is 12.4 Å². The summed E-state index contributed by atoms with van der Waals surface area (Å²) in [6.07, 6.45) is 2.95. The fourth-order valence-electron chi connectivity index (χ4n) is 2.17. The average molecular weight is 287 g/mol. The summed E-state index contributed by atoms with van der Waals surface area (Å²) in [5.74, 6) is 0. The molecule has 108 valence electrons. The topological polar surface area (TPSA) is 84.5 Å². The fraction of sp³-hybridized carbons (Fsp3) is 0.727. The second-order valence-corrected chi connectivity index (χ2v) is 6.50. The van der Waals surface area contributed by atoms with Gasteiger partial charge in [0.25, 0.3) is 0 Å². The van der Waals surface area contributed by atoms with Crippen LogP contribution in [-0.4, -0.2) is 66.7 Å². The summed E-state index contributed by atoms with van der Waals surface area (Å²) >= 11 is 0. The predicted octanol–water partition coefficient (Wildman–Crippen LogP) is -0.832. The number of nitrogens with two attached hydrogens (primary N) is 1. The third kappa shape index (κ3) is 3.14. The van der Waals surface area contributed by atoms with Crippen LogP contribution in [0.25, 0.3) is 0 Å². The van der Waals surface area contributed by atoms with Crippen molar-refractivity contribution >= 4 is 10.0 Å². The summed E-state index contributed by atoms with van der Waals surface area (Å²) in [5.41, 5.74) is 5.43. The van der Waals surface area contributed by atoms with Crippen molar-refractivity contribution in [2.45, 2.75) is 18.4 Å². The molecule has 0 spiro atoms. The predicted molar refractivity (Wildman–Crippen MR) is 72.2 cm³/mol. The first-order valence-electron chi connectivity index (χ1n) is 6.53. The second kappa shape index (κ2) is 6.00. The zero-order valence-corrected chi connectivity index (χ0v) is 12.0. The first kappa shape index (κ1) is 14.4. The lowest BCUT2D eigenvalue weighted by Crippen LogP contribution is -2.48. The summed E-state index contributed by atoms with van der Waals surface area (Å²) in [5, 5.41) is 4.02. The zero-order valence-electron chi connectivity index (χ0n) is 11.2. The summed E-state index contributed by atoms with van der Waals surface area (Å²) in [7, 11) is -3.41. The minimum absolute atomic E-state index is 0.255. The third-order valence-corrected chi connectivity index (χ3v) is 5.24. The molecule has 2 heterocycles. The van der Waals surface area contributed by atoms with Crippen LogP contribution in [0.15, 0.2) is 17.3 Å². The number of aromatic nitrogens is 2. The molecule has 2 rings (SSSR count). The van der Waals surface area contributed by atoms with Crippen molar-refractivity contribution in [1.82, 2.24) is 19.0 Å². The van der Waals surface area contributed by atoms with Crippen LogP contribution in [0, 0.1) is 0 Å². The molecule has 1 aromatic heterocycles. The standard InChI is InChI=1S/C11H21N5O2S/c1-2-14-5-7-16(8-6-14)19(17,18)11-9-13-15(10-11)4-3-12/h9-10H,2-8,12H2,1H3. The van der Waals surface area contributed by atoms with Crippen LogP contribution in [0.2, 0.25) is 0 Å². The van der Waals surface area contributed by atoms with E-state index in [0.717, 1.165) is 19.6 Å². The molecule has 1 aromatic rings. The largest absolute Gasteiger partial charge is 0.329 e. The van der Waals surface area contributed by atoms with Crippen LogP contribution in [-0.2, 0) is 16.6 Å². The molecule has 1 fully saturated rings. The van der Waals surface area contributed by atoms with Gasteiger partial charge in [-0.05, 0) is 6.54 Å². The lowest BCUT2D eigenvalue weighted by molar-refractivity contribution is 0.196.